The first-order valence-electron chi connectivity index (χ1n) is 16.1. The average molecular weight is 633 g/mol. The molecule has 4 fully saturated rings. The molecular formula is C32H64N4O8. The topological polar surface area (TPSA) is 124 Å². The molecule has 4 aliphatic rings. The molecule has 0 amide bonds. The summed E-state index contributed by atoms with van der Waals surface area (Å²) in [5, 5.41) is 18.8. The zero-order valence-corrected chi connectivity index (χ0v) is 28.9. The molecule has 0 aromatic carbocycles. The number of aliphatic hydroxyl groups excluding tert-OH is 2. The van der Waals surface area contributed by atoms with Gasteiger partial charge in [0.05, 0.1) is 43.2 Å². The van der Waals surface area contributed by atoms with Crippen LogP contribution in [0.4, 0.5) is 0 Å². The highest BCUT2D eigenvalue weighted by Crippen LogP contribution is 2.13. The van der Waals surface area contributed by atoms with Gasteiger partial charge >= 0.3 is 0 Å². The summed E-state index contributed by atoms with van der Waals surface area (Å²) in [5.41, 5.74) is 0. The zero-order valence-electron chi connectivity index (χ0n) is 28.9. The first kappa shape index (κ1) is 41.0. The van der Waals surface area contributed by atoms with Crippen LogP contribution in [0.1, 0.15) is 51.4 Å². The fourth-order valence-electron chi connectivity index (χ4n) is 5.74. The van der Waals surface area contributed by atoms with Gasteiger partial charge in [0.15, 0.2) is 0 Å². The van der Waals surface area contributed by atoms with Crippen molar-refractivity contribution in [3.8, 4) is 0 Å². The maximum Gasteiger partial charge on any atom is 0.146 e. The smallest absolute Gasteiger partial charge is 0.146 e. The van der Waals surface area contributed by atoms with Crippen molar-refractivity contribution in [3.05, 3.63) is 0 Å². The molecule has 6 atom stereocenters. The standard InChI is InChI=1S/C8H17NO2.C8H15NO2.C8H17NO2.C8H15NO2/c2*1-9-4-3-7(10)5-8(6-9)11-2;2*1-9-5-7(10)3-4-8(6-9)11-2/h7-8,10H,3-6H2,1-2H3;8H,3-6H2,1-2H3;7-8,10H,3-6H2,1-2H3;8H,3-6H2,1-2H3. The van der Waals surface area contributed by atoms with Crippen LogP contribution in [-0.2, 0) is 28.5 Å². The number of carbonyl (C=O) groups is 2. The quantitative estimate of drug-likeness (QED) is 0.455. The van der Waals surface area contributed by atoms with E-state index in [4.69, 9.17) is 18.9 Å². The molecule has 4 saturated heterocycles. The fraction of sp³-hybridized carbons (Fsp3) is 0.938. The van der Waals surface area contributed by atoms with E-state index in [1.165, 1.54) is 0 Å². The number of rotatable bonds is 4. The van der Waals surface area contributed by atoms with Crippen molar-refractivity contribution in [2.24, 2.45) is 0 Å². The van der Waals surface area contributed by atoms with E-state index in [1.807, 2.05) is 26.0 Å². The minimum atomic E-state index is -0.176. The number of nitrogens with zero attached hydrogens (tertiary/aromatic N) is 4. The van der Waals surface area contributed by atoms with E-state index >= 15 is 0 Å². The lowest BCUT2D eigenvalue weighted by Gasteiger charge is -2.18. The molecule has 0 aliphatic carbocycles. The van der Waals surface area contributed by atoms with E-state index in [0.717, 1.165) is 77.9 Å². The van der Waals surface area contributed by atoms with E-state index in [9.17, 15) is 19.8 Å². The number of ketones is 2. The van der Waals surface area contributed by atoms with Crippen LogP contribution in [0, 0.1) is 0 Å². The zero-order chi connectivity index (χ0) is 33.1. The molecule has 44 heavy (non-hydrogen) atoms. The molecule has 4 heterocycles. The number of likely N-dealkylation sites (N-methyl/N-ethyl adjacent to an activating group) is 4. The van der Waals surface area contributed by atoms with Crippen molar-refractivity contribution in [1.29, 1.82) is 0 Å². The highest BCUT2D eigenvalue weighted by atomic mass is 16.5. The normalized spacial score (nSPS) is 31.9. The molecule has 0 bridgehead atoms. The molecule has 2 N–H and O–H groups in total. The highest BCUT2D eigenvalue weighted by molar-refractivity contribution is 5.80. The molecule has 0 spiro atoms. The van der Waals surface area contributed by atoms with Gasteiger partial charge in [-0.25, -0.2) is 0 Å². The Balaban J connectivity index is 0.000000293. The van der Waals surface area contributed by atoms with Crippen LogP contribution in [-0.4, -0.2) is 187 Å². The predicted molar refractivity (Wildman–Crippen MR) is 172 cm³/mol. The molecule has 0 radical (unpaired) electrons. The Labute approximate surface area is 266 Å². The lowest BCUT2D eigenvalue weighted by molar-refractivity contribution is -0.121. The van der Waals surface area contributed by atoms with E-state index in [-0.39, 0.29) is 30.5 Å². The van der Waals surface area contributed by atoms with E-state index in [1.54, 1.807) is 28.4 Å². The van der Waals surface area contributed by atoms with Gasteiger partial charge in [-0.05, 0) is 53.9 Å². The van der Waals surface area contributed by atoms with Gasteiger partial charge in [-0.3, -0.25) is 14.5 Å². The number of hydrogen-bond donors (Lipinski definition) is 2. The summed E-state index contributed by atoms with van der Waals surface area (Å²) in [6.45, 7) is 6.84. The van der Waals surface area contributed by atoms with Crippen LogP contribution in [0.15, 0.2) is 0 Å². The molecule has 0 aromatic heterocycles. The Hall–Kier alpha value is -1.06. The summed E-state index contributed by atoms with van der Waals surface area (Å²) < 4.78 is 20.8. The average Bonchev–Trinajstić information content (AvgIpc) is 3.42. The van der Waals surface area contributed by atoms with Crippen molar-refractivity contribution >= 4 is 11.6 Å². The van der Waals surface area contributed by atoms with Gasteiger partial charge in [-0.2, -0.15) is 0 Å². The third kappa shape index (κ3) is 18.8. The molecule has 12 heteroatoms. The number of β-amino-alcohol motifs (C(OH)–C–C–N with tert-alkyl or cyclic N) is 1. The Kier molecular flexibility index (Phi) is 21.7. The third-order valence-corrected chi connectivity index (χ3v) is 8.54. The van der Waals surface area contributed by atoms with Gasteiger partial charge in [0, 0.05) is 99.9 Å². The summed E-state index contributed by atoms with van der Waals surface area (Å²) in [6, 6.07) is 0. The summed E-state index contributed by atoms with van der Waals surface area (Å²) in [6.07, 6.45) is 6.81. The SMILES string of the molecule is COC1CC(=O)CCN(C)C1.COC1CC(O)CCN(C)C1.COC1CCC(=O)CN(C)C1.COC1CCC(O)CN(C)C1. The lowest BCUT2D eigenvalue weighted by Crippen LogP contribution is -2.31. The number of aliphatic hydroxyl groups is 2. The second-order valence-electron chi connectivity index (χ2n) is 12.9. The monoisotopic (exact) mass is 632 g/mol. The second-order valence-corrected chi connectivity index (χ2v) is 12.9. The molecule has 0 aromatic rings. The first-order valence-corrected chi connectivity index (χ1v) is 16.1. The number of Topliss-reactive ketones (excluding diaryl/α,β-unsaturated/α-hetero) is 2. The van der Waals surface area contributed by atoms with Crippen LogP contribution in [0.5, 0.6) is 0 Å². The fourth-order valence-corrected chi connectivity index (χ4v) is 5.74. The van der Waals surface area contributed by atoms with Crippen LogP contribution < -0.4 is 0 Å². The summed E-state index contributed by atoms with van der Waals surface area (Å²) >= 11 is 0. The molecule has 260 valence electrons. The first-order chi connectivity index (χ1) is 20.9. The van der Waals surface area contributed by atoms with Crippen molar-refractivity contribution in [1.82, 2.24) is 19.6 Å². The van der Waals surface area contributed by atoms with Gasteiger partial charge in [0.1, 0.15) is 11.6 Å². The number of methoxy groups -OCH3 is 4. The van der Waals surface area contributed by atoms with E-state index in [2.05, 4.69) is 21.7 Å². The van der Waals surface area contributed by atoms with Crippen molar-refractivity contribution < 1.29 is 38.7 Å². The number of hydrogen-bond acceptors (Lipinski definition) is 12. The van der Waals surface area contributed by atoms with Crippen LogP contribution >= 0.6 is 0 Å². The van der Waals surface area contributed by atoms with Gasteiger partial charge in [-0.15, -0.1) is 0 Å². The summed E-state index contributed by atoms with van der Waals surface area (Å²) in [5.74, 6) is 0.647. The minimum absolute atomic E-state index is 0.106. The van der Waals surface area contributed by atoms with Gasteiger partial charge in [0.2, 0.25) is 0 Å². The van der Waals surface area contributed by atoms with Crippen molar-refractivity contribution in [2.45, 2.75) is 88.0 Å². The highest BCUT2D eigenvalue weighted by Gasteiger charge is 2.22. The predicted octanol–water partition coefficient (Wildman–Crippen LogP) is 0.768. The maximum atomic E-state index is 11.1. The molecule has 0 saturated carbocycles. The van der Waals surface area contributed by atoms with Crippen LogP contribution in [0.3, 0.4) is 0 Å². The summed E-state index contributed by atoms with van der Waals surface area (Å²) in [7, 11) is 14.8. The largest absolute Gasteiger partial charge is 0.393 e. The molecule has 4 rings (SSSR count). The van der Waals surface area contributed by atoms with Crippen LogP contribution in [0.2, 0.25) is 0 Å². The van der Waals surface area contributed by atoms with Gasteiger partial charge in [-0.1, -0.05) is 0 Å². The maximum absolute atomic E-state index is 11.1. The molecule has 12 nitrogen and oxygen atoms in total. The van der Waals surface area contributed by atoms with Crippen LogP contribution in [0.25, 0.3) is 0 Å². The van der Waals surface area contributed by atoms with Crippen molar-refractivity contribution in [2.75, 3.05) is 109 Å². The Morgan fingerprint density at radius 3 is 1.73 bits per heavy atom. The Bertz CT molecular complexity index is 767. The summed E-state index contributed by atoms with van der Waals surface area (Å²) in [4.78, 5) is 30.6. The Morgan fingerprint density at radius 2 is 1.09 bits per heavy atom. The Morgan fingerprint density at radius 1 is 0.545 bits per heavy atom. The number of carbonyl (C=O) groups excluding carboxylic acids is 2. The van der Waals surface area contributed by atoms with E-state index < -0.39 is 0 Å². The molecular weight excluding hydrogens is 568 g/mol. The van der Waals surface area contributed by atoms with E-state index in [0.29, 0.717) is 43.5 Å². The van der Waals surface area contributed by atoms with Gasteiger partial charge in [0.25, 0.3) is 0 Å². The van der Waals surface area contributed by atoms with Crippen molar-refractivity contribution in [3.63, 3.8) is 0 Å². The number of likely N-dealkylation sites (tertiary alicyclic amines) is 4. The third-order valence-electron chi connectivity index (χ3n) is 8.54. The minimum Gasteiger partial charge on any atom is -0.393 e. The molecule has 4 aliphatic heterocycles. The van der Waals surface area contributed by atoms with Gasteiger partial charge < -0.3 is 43.9 Å². The second kappa shape index (κ2) is 23.3. The number of ether oxygens (including phenoxy) is 4. The molecule has 6 unspecified atom stereocenters. The lowest BCUT2D eigenvalue weighted by atomic mass is 10.1.